The van der Waals surface area contributed by atoms with E-state index in [1.165, 1.54) is 11.2 Å². The molecule has 1 fully saturated rings. The number of benzene rings is 3. The Balaban J connectivity index is 1.74. The topological polar surface area (TPSA) is 80.8 Å². The molecule has 0 bridgehead atoms. The third kappa shape index (κ3) is 5.85. The molecule has 3 aromatic carbocycles. The van der Waals surface area contributed by atoms with Crippen molar-refractivity contribution in [3.05, 3.63) is 90.0 Å². The molecule has 2 atom stereocenters. The molecule has 0 saturated carbocycles. The Morgan fingerprint density at radius 3 is 2.11 bits per heavy atom. The first kappa shape index (κ1) is 25.6. The highest BCUT2D eigenvalue weighted by atomic mass is 32.2. The van der Waals surface area contributed by atoms with Crippen molar-refractivity contribution in [3.8, 4) is 11.1 Å². The Bertz CT molecular complexity index is 1380. The fraction of sp³-hybridized carbons (Fsp3) is 0.310. The number of carbonyl (C=O) groups is 2. The summed E-state index contributed by atoms with van der Waals surface area (Å²) >= 11 is 0. The molecule has 36 heavy (non-hydrogen) atoms. The van der Waals surface area contributed by atoms with Gasteiger partial charge in [-0.15, -0.1) is 0 Å². The summed E-state index contributed by atoms with van der Waals surface area (Å²) in [5, 5.41) is 0. The molecule has 0 radical (unpaired) electrons. The lowest BCUT2D eigenvalue weighted by molar-refractivity contribution is -0.133. The fourth-order valence-corrected chi connectivity index (χ4v) is 5.27. The molecule has 1 aliphatic heterocycles. The van der Waals surface area contributed by atoms with Crippen LogP contribution in [0.25, 0.3) is 11.1 Å². The van der Waals surface area contributed by atoms with Crippen molar-refractivity contribution in [1.82, 2.24) is 4.90 Å². The van der Waals surface area contributed by atoms with Crippen LogP contribution in [-0.4, -0.2) is 43.7 Å². The van der Waals surface area contributed by atoms with Crippen LogP contribution in [0.15, 0.2) is 83.8 Å². The molecule has 6 nitrogen and oxygen atoms in total. The summed E-state index contributed by atoms with van der Waals surface area (Å²) in [6.07, 6.45) is 0.736. The van der Waals surface area contributed by atoms with Crippen LogP contribution in [0, 0.1) is 0 Å². The number of piperidine rings is 1. The molecule has 0 aliphatic carbocycles. The van der Waals surface area contributed by atoms with E-state index >= 15 is 0 Å². The van der Waals surface area contributed by atoms with Crippen LogP contribution in [0.5, 0.6) is 0 Å². The molecule has 4 rings (SSSR count). The summed E-state index contributed by atoms with van der Waals surface area (Å²) < 4.78 is 29.7. The van der Waals surface area contributed by atoms with E-state index in [4.69, 9.17) is 4.74 Å². The van der Waals surface area contributed by atoms with Crippen LogP contribution >= 0.6 is 0 Å². The fourth-order valence-electron chi connectivity index (χ4n) is 4.60. The highest BCUT2D eigenvalue weighted by Crippen LogP contribution is 2.41. The number of ether oxygens (including phenoxy) is 1. The van der Waals surface area contributed by atoms with E-state index < -0.39 is 21.5 Å². The van der Waals surface area contributed by atoms with Gasteiger partial charge in [0.2, 0.25) is 5.91 Å². The molecular formula is C29H31NO5S. The van der Waals surface area contributed by atoms with E-state index in [2.05, 4.69) is 0 Å². The van der Waals surface area contributed by atoms with Gasteiger partial charge in [0.1, 0.15) is 5.60 Å². The lowest BCUT2D eigenvalue weighted by Crippen LogP contribution is -2.47. The Morgan fingerprint density at radius 2 is 1.47 bits per heavy atom. The summed E-state index contributed by atoms with van der Waals surface area (Å²) in [6.45, 7) is 5.52. The first-order valence-corrected chi connectivity index (χ1v) is 13.8. The highest BCUT2D eigenvalue weighted by molar-refractivity contribution is 7.90. The zero-order valence-electron chi connectivity index (χ0n) is 21.0. The van der Waals surface area contributed by atoms with Gasteiger partial charge in [0.15, 0.2) is 9.84 Å². The number of imide groups is 1. The van der Waals surface area contributed by atoms with Crippen molar-refractivity contribution in [1.29, 1.82) is 0 Å². The van der Waals surface area contributed by atoms with E-state index in [0.29, 0.717) is 0 Å². The molecule has 0 N–H and O–H groups in total. The van der Waals surface area contributed by atoms with E-state index in [-0.39, 0.29) is 35.6 Å². The summed E-state index contributed by atoms with van der Waals surface area (Å²) in [7, 11) is -3.34. The predicted octanol–water partition coefficient (Wildman–Crippen LogP) is 5.79. The smallest absolute Gasteiger partial charge is 0.417 e. The Kier molecular flexibility index (Phi) is 7.05. The molecule has 0 spiro atoms. The normalized spacial score (nSPS) is 18.7. The van der Waals surface area contributed by atoms with Crippen LogP contribution in [0.1, 0.15) is 50.2 Å². The summed E-state index contributed by atoms with van der Waals surface area (Å²) in [6, 6.07) is 24.6. The average Bonchev–Trinajstić information content (AvgIpc) is 2.83. The molecule has 188 valence electrons. The van der Waals surface area contributed by atoms with Crippen molar-refractivity contribution in [3.63, 3.8) is 0 Å². The molecule has 0 unspecified atom stereocenters. The Hall–Kier alpha value is -3.45. The van der Waals surface area contributed by atoms with Crippen molar-refractivity contribution >= 4 is 21.8 Å². The van der Waals surface area contributed by atoms with Crippen molar-refractivity contribution < 1.29 is 22.7 Å². The molecule has 0 aromatic heterocycles. The average molecular weight is 506 g/mol. The van der Waals surface area contributed by atoms with E-state index in [0.717, 1.165) is 22.3 Å². The van der Waals surface area contributed by atoms with Gasteiger partial charge < -0.3 is 4.74 Å². The lowest BCUT2D eigenvalue weighted by Gasteiger charge is -2.38. The van der Waals surface area contributed by atoms with Gasteiger partial charge >= 0.3 is 6.09 Å². The maximum atomic E-state index is 13.1. The van der Waals surface area contributed by atoms with Crippen molar-refractivity contribution in [2.45, 2.75) is 49.5 Å². The maximum Gasteiger partial charge on any atom is 0.417 e. The first-order chi connectivity index (χ1) is 16.9. The standard InChI is InChI=1S/C29H31NO5S/c1-29(2,3)35-28(32)30-19-26(25(18-27(30)31)20-10-6-5-7-11-20)23-14-8-12-21(16-23)22-13-9-15-24(17-22)36(4,33)34/h5-17,25-26H,18-19H2,1-4H3/t25-,26+/m0/s1. The predicted molar refractivity (Wildman–Crippen MR) is 139 cm³/mol. The van der Waals surface area contributed by atoms with Crippen molar-refractivity contribution in [2.24, 2.45) is 0 Å². The van der Waals surface area contributed by atoms with Gasteiger partial charge in [0, 0.05) is 31.1 Å². The van der Waals surface area contributed by atoms with Crippen LogP contribution in [0.4, 0.5) is 4.79 Å². The second kappa shape index (κ2) is 9.90. The molecule has 2 amide bonds. The van der Waals surface area contributed by atoms with Gasteiger partial charge in [-0.25, -0.2) is 18.1 Å². The third-order valence-corrected chi connectivity index (χ3v) is 7.42. The van der Waals surface area contributed by atoms with Crippen LogP contribution in [-0.2, 0) is 19.4 Å². The molecule has 3 aromatic rings. The minimum absolute atomic E-state index is 0.116. The highest BCUT2D eigenvalue weighted by Gasteiger charge is 2.40. The van der Waals surface area contributed by atoms with Gasteiger partial charge in [-0.05, 0) is 55.2 Å². The monoisotopic (exact) mass is 505 g/mol. The number of hydrogen-bond acceptors (Lipinski definition) is 5. The van der Waals surface area contributed by atoms with E-state index in [9.17, 15) is 18.0 Å². The number of carbonyl (C=O) groups excluding carboxylic acids is 2. The summed E-state index contributed by atoms with van der Waals surface area (Å²) in [5.41, 5.74) is 2.93. The van der Waals surface area contributed by atoms with Gasteiger partial charge in [0.05, 0.1) is 4.90 Å². The zero-order chi connectivity index (χ0) is 26.1. The number of rotatable bonds is 4. The Labute approximate surface area is 212 Å². The van der Waals surface area contributed by atoms with E-state index in [1.54, 1.807) is 39.0 Å². The van der Waals surface area contributed by atoms with Crippen LogP contribution in [0.2, 0.25) is 0 Å². The second-order valence-corrected chi connectivity index (χ2v) is 12.3. The number of amides is 2. The number of sulfone groups is 1. The number of likely N-dealkylation sites (tertiary alicyclic amines) is 1. The minimum atomic E-state index is -3.34. The third-order valence-electron chi connectivity index (χ3n) is 6.31. The van der Waals surface area contributed by atoms with Crippen molar-refractivity contribution in [2.75, 3.05) is 12.8 Å². The molecule has 1 saturated heterocycles. The zero-order valence-corrected chi connectivity index (χ0v) is 21.8. The minimum Gasteiger partial charge on any atom is -0.443 e. The molecule has 1 aliphatic rings. The second-order valence-electron chi connectivity index (χ2n) is 10.2. The molecule has 1 heterocycles. The first-order valence-electron chi connectivity index (χ1n) is 11.9. The van der Waals surface area contributed by atoms with Gasteiger partial charge in [0.25, 0.3) is 0 Å². The van der Waals surface area contributed by atoms with Crippen LogP contribution in [0.3, 0.4) is 0 Å². The SMILES string of the molecule is CC(C)(C)OC(=O)N1C[C@H](c2cccc(-c3cccc(S(C)(=O)=O)c3)c2)[C@H](c2ccccc2)CC1=O. The van der Waals surface area contributed by atoms with Crippen LogP contribution < -0.4 is 0 Å². The lowest BCUT2D eigenvalue weighted by atomic mass is 9.76. The number of nitrogens with zero attached hydrogens (tertiary/aromatic N) is 1. The summed E-state index contributed by atoms with van der Waals surface area (Å²) in [5.74, 6) is -0.531. The molecule has 7 heteroatoms. The number of hydrogen-bond donors (Lipinski definition) is 0. The largest absolute Gasteiger partial charge is 0.443 e. The van der Waals surface area contributed by atoms with Gasteiger partial charge in [-0.2, -0.15) is 0 Å². The molecular weight excluding hydrogens is 474 g/mol. The maximum absolute atomic E-state index is 13.1. The quantitative estimate of drug-likeness (QED) is 0.448. The van der Waals surface area contributed by atoms with E-state index in [1.807, 2.05) is 60.7 Å². The Morgan fingerprint density at radius 1 is 0.861 bits per heavy atom. The van der Waals surface area contributed by atoms with Gasteiger partial charge in [-0.3, -0.25) is 4.79 Å². The summed E-state index contributed by atoms with van der Waals surface area (Å²) in [4.78, 5) is 27.4. The van der Waals surface area contributed by atoms with Gasteiger partial charge in [-0.1, -0.05) is 66.7 Å².